The summed E-state index contributed by atoms with van der Waals surface area (Å²) >= 11 is 0. The van der Waals surface area contributed by atoms with Crippen LogP contribution in [-0.4, -0.2) is 29.2 Å². The van der Waals surface area contributed by atoms with Crippen molar-refractivity contribution in [3.63, 3.8) is 0 Å². The Morgan fingerprint density at radius 3 is 2.45 bits per heavy atom. The normalized spacial score (nSPS) is 11.0. The molecule has 108 valence electrons. The average Bonchev–Trinajstić information content (AvgIpc) is 2.39. The Hall–Kier alpha value is -2.37. The number of hydrazine groups is 1. The number of aryl methyl sites for hydroxylation is 1. The Labute approximate surface area is 117 Å². The predicted octanol–water partition coefficient (Wildman–Crippen LogP) is 1.76. The Balaban J connectivity index is 2.50. The van der Waals surface area contributed by atoms with E-state index in [0.29, 0.717) is 13.0 Å². The number of aliphatic carboxylic acids is 1. The van der Waals surface area contributed by atoms with Crippen LogP contribution in [0.15, 0.2) is 29.3 Å². The number of Topliss-reactive ketones (excluding diaryl/α,β-unsaturated/α-hetero) is 1. The lowest BCUT2D eigenvalue weighted by molar-refractivity contribution is -0.137. The van der Waals surface area contributed by atoms with E-state index < -0.39 is 5.97 Å². The molecule has 0 spiro atoms. The van der Waals surface area contributed by atoms with Crippen molar-refractivity contribution in [3.05, 3.63) is 29.8 Å². The molecule has 0 aliphatic carbocycles. The summed E-state index contributed by atoms with van der Waals surface area (Å²) in [6.07, 6.45) is 0.443. The third kappa shape index (κ3) is 5.99. The van der Waals surface area contributed by atoms with Crippen LogP contribution in [0.3, 0.4) is 0 Å². The molecule has 0 unspecified atom stereocenters. The van der Waals surface area contributed by atoms with Crippen molar-refractivity contribution >= 4 is 23.3 Å². The van der Waals surface area contributed by atoms with Gasteiger partial charge in [0.25, 0.3) is 0 Å². The number of rotatable bonds is 7. The molecule has 0 saturated carbocycles. The molecule has 0 radical (unpaired) electrons. The van der Waals surface area contributed by atoms with Gasteiger partial charge in [-0.05, 0) is 25.5 Å². The number of hydrogen-bond donors (Lipinski definition) is 3. The Kier molecular flexibility index (Phi) is 6.22. The number of carboxylic acid groups (broad SMARTS) is 1. The zero-order chi connectivity index (χ0) is 15.0. The highest BCUT2D eigenvalue weighted by atomic mass is 16.4. The second kappa shape index (κ2) is 7.93. The monoisotopic (exact) mass is 277 g/mol. The van der Waals surface area contributed by atoms with Crippen LogP contribution in [0.1, 0.15) is 25.3 Å². The lowest BCUT2D eigenvalue weighted by atomic mass is 10.2. The lowest BCUT2D eigenvalue weighted by Crippen LogP contribution is -2.34. The van der Waals surface area contributed by atoms with Crippen molar-refractivity contribution in [2.75, 3.05) is 12.0 Å². The van der Waals surface area contributed by atoms with Gasteiger partial charge >= 0.3 is 5.97 Å². The first-order chi connectivity index (χ1) is 9.49. The number of carbonyl (C=O) groups is 2. The van der Waals surface area contributed by atoms with Crippen LogP contribution in [0.25, 0.3) is 0 Å². The topological polar surface area (TPSA) is 90.8 Å². The van der Waals surface area contributed by atoms with Crippen molar-refractivity contribution in [2.24, 2.45) is 4.99 Å². The molecule has 1 aromatic carbocycles. The summed E-state index contributed by atoms with van der Waals surface area (Å²) in [5.74, 6) is -0.883. The molecule has 1 aromatic rings. The lowest BCUT2D eigenvalue weighted by Gasteiger charge is -2.10. The number of nitrogens with one attached hydrogen (secondary N) is 2. The third-order valence-electron chi connectivity index (χ3n) is 2.53. The molecule has 0 aliphatic rings. The third-order valence-corrected chi connectivity index (χ3v) is 2.53. The Morgan fingerprint density at radius 1 is 1.25 bits per heavy atom. The van der Waals surface area contributed by atoms with Crippen LogP contribution >= 0.6 is 0 Å². The van der Waals surface area contributed by atoms with Crippen molar-refractivity contribution in [1.82, 2.24) is 5.43 Å². The van der Waals surface area contributed by atoms with E-state index in [1.807, 2.05) is 31.2 Å². The molecule has 0 heterocycles. The SMILES string of the molecule is CC(=O)C(=NCCCC(=O)O)NNc1ccc(C)cc1. The zero-order valence-corrected chi connectivity index (χ0v) is 11.6. The maximum Gasteiger partial charge on any atom is 0.303 e. The molecule has 0 bridgehead atoms. The van der Waals surface area contributed by atoms with Gasteiger partial charge in [-0.1, -0.05) is 17.7 Å². The summed E-state index contributed by atoms with van der Waals surface area (Å²) in [5, 5.41) is 8.52. The first kappa shape index (κ1) is 15.7. The fourth-order valence-electron chi connectivity index (χ4n) is 1.43. The van der Waals surface area contributed by atoms with Gasteiger partial charge in [0.1, 0.15) is 0 Å². The molecule has 3 N–H and O–H groups in total. The van der Waals surface area contributed by atoms with Crippen LogP contribution in [0.4, 0.5) is 5.69 Å². The number of ketones is 1. The number of carbonyl (C=O) groups excluding carboxylic acids is 1. The van der Waals surface area contributed by atoms with Crippen LogP contribution in [-0.2, 0) is 9.59 Å². The molecule has 6 nitrogen and oxygen atoms in total. The van der Waals surface area contributed by atoms with Gasteiger partial charge in [-0.3, -0.25) is 25.4 Å². The summed E-state index contributed by atoms with van der Waals surface area (Å²) in [6.45, 7) is 3.69. The fraction of sp³-hybridized carbons (Fsp3) is 0.357. The molecular weight excluding hydrogens is 258 g/mol. The molecular formula is C14H19N3O3. The molecule has 0 fully saturated rings. The number of nitrogens with zero attached hydrogens (tertiary/aromatic N) is 1. The van der Waals surface area contributed by atoms with Gasteiger partial charge in [0.15, 0.2) is 11.6 Å². The van der Waals surface area contributed by atoms with E-state index in [9.17, 15) is 9.59 Å². The number of anilines is 1. The number of hydrogen-bond acceptors (Lipinski definition) is 4. The second-order valence-electron chi connectivity index (χ2n) is 4.40. The highest BCUT2D eigenvalue weighted by molar-refractivity contribution is 6.38. The van der Waals surface area contributed by atoms with Crippen molar-refractivity contribution < 1.29 is 14.7 Å². The maximum atomic E-state index is 11.4. The van der Waals surface area contributed by atoms with Crippen LogP contribution in [0, 0.1) is 6.92 Å². The predicted molar refractivity (Wildman–Crippen MR) is 77.8 cm³/mol. The number of aliphatic imine (C=N–C) groups is 1. The van der Waals surface area contributed by atoms with Gasteiger partial charge in [-0.2, -0.15) is 0 Å². The summed E-state index contributed by atoms with van der Waals surface area (Å²) in [4.78, 5) is 25.8. The summed E-state index contributed by atoms with van der Waals surface area (Å²) in [5.41, 5.74) is 7.59. The molecule has 1 rings (SSSR count). The minimum atomic E-state index is -0.865. The molecule has 0 aromatic heterocycles. The quantitative estimate of drug-likeness (QED) is 0.306. The molecule has 0 saturated heterocycles. The molecule has 0 amide bonds. The summed E-state index contributed by atoms with van der Waals surface area (Å²) < 4.78 is 0. The molecule has 0 aliphatic heterocycles. The van der Waals surface area contributed by atoms with Gasteiger partial charge in [-0.25, -0.2) is 0 Å². The van der Waals surface area contributed by atoms with Gasteiger partial charge in [0, 0.05) is 19.9 Å². The van der Waals surface area contributed by atoms with E-state index in [1.54, 1.807) is 0 Å². The van der Waals surface area contributed by atoms with Gasteiger partial charge in [0.05, 0.1) is 5.69 Å². The Bertz CT molecular complexity index is 495. The van der Waals surface area contributed by atoms with Crippen LogP contribution < -0.4 is 10.9 Å². The average molecular weight is 277 g/mol. The van der Waals surface area contributed by atoms with Crippen molar-refractivity contribution in [3.8, 4) is 0 Å². The number of carboxylic acids is 1. The first-order valence-corrected chi connectivity index (χ1v) is 6.35. The largest absolute Gasteiger partial charge is 0.481 e. The second-order valence-corrected chi connectivity index (χ2v) is 4.40. The van der Waals surface area contributed by atoms with E-state index in [2.05, 4.69) is 15.8 Å². The summed E-state index contributed by atoms with van der Waals surface area (Å²) in [6, 6.07) is 7.65. The van der Waals surface area contributed by atoms with Gasteiger partial charge < -0.3 is 5.11 Å². The van der Waals surface area contributed by atoms with Crippen molar-refractivity contribution in [2.45, 2.75) is 26.7 Å². The highest BCUT2D eigenvalue weighted by Crippen LogP contribution is 2.06. The standard InChI is InChI=1S/C14H19N3O3/c1-10-5-7-12(8-6-10)16-17-14(11(2)18)15-9-3-4-13(19)20/h5-8,16H,3-4,9H2,1-2H3,(H,15,17)(H,19,20). The van der Waals surface area contributed by atoms with Crippen molar-refractivity contribution in [1.29, 1.82) is 0 Å². The fourth-order valence-corrected chi connectivity index (χ4v) is 1.43. The maximum absolute atomic E-state index is 11.4. The minimum Gasteiger partial charge on any atom is -0.481 e. The molecule has 20 heavy (non-hydrogen) atoms. The van der Waals surface area contributed by atoms with E-state index in [1.165, 1.54) is 6.92 Å². The van der Waals surface area contributed by atoms with E-state index in [-0.39, 0.29) is 18.0 Å². The van der Waals surface area contributed by atoms with Crippen LogP contribution in [0.5, 0.6) is 0 Å². The van der Waals surface area contributed by atoms with Gasteiger partial charge in [-0.15, -0.1) is 0 Å². The van der Waals surface area contributed by atoms with E-state index in [0.717, 1.165) is 11.3 Å². The number of benzene rings is 1. The Morgan fingerprint density at radius 2 is 1.90 bits per heavy atom. The minimum absolute atomic E-state index is 0.0417. The first-order valence-electron chi connectivity index (χ1n) is 6.35. The smallest absolute Gasteiger partial charge is 0.303 e. The summed E-state index contributed by atoms with van der Waals surface area (Å²) in [7, 11) is 0. The van der Waals surface area contributed by atoms with Gasteiger partial charge in [0.2, 0.25) is 0 Å². The van der Waals surface area contributed by atoms with E-state index >= 15 is 0 Å². The molecule has 6 heteroatoms. The number of amidine groups is 1. The highest BCUT2D eigenvalue weighted by Gasteiger charge is 2.05. The van der Waals surface area contributed by atoms with Crippen LogP contribution in [0.2, 0.25) is 0 Å². The zero-order valence-electron chi connectivity index (χ0n) is 11.6. The van der Waals surface area contributed by atoms with E-state index in [4.69, 9.17) is 5.11 Å². The molecule has 0 atom stereocenters.